The minimum Gasteiger partial charge on any atom is -0.379 e. The van der Waals surface area contributed by atoms with Crippen LogP contribution in [0.5, 0.6) is 0 Å². The molecule has 8 unspecified atom stereocenters. The molecule has 55 heavy (non-hydrogen) atoms. The van der Waals surface area contributed by atoms with E-state index in [2.05, 4.69) is 103 Å². The molecule has 7 rings (SSSR count). The summed E-state index contributed by atoms with van der Waals surface area (Å²) in [5.41, 5.74) is 2.16. The minimum atomic E-state index is -0.405. The van der Waals surface area contributed by atoms with Gasteiger partial charge in [-0.15, -0.1) is 0 Å². The fourth-order valence-corrected chi connectivity index (χ4v) is 14.2. The standard InChI is InChI=1S/C48H78O5.V.W/c1-15-38-29(4)27(2)31(6)42(51-38)53-41-30(5)28(3)33(8)50-43(41)52-39-19-20-45(12)35(32(39)7)18-21-47(14)40(45)17-16-36-37-26-44(10,11)22-24-48(37,34(9)49)25-23-46(36,47)13;;/h16,25,27-31,33,35,37-43H,15,17-24,26H2,1-14H3;;/q-2;;/t27-,28-,29+,30-,31?,33?,35-,37?,38?,39-,40?,41?,42-,43-,45?,46?,47+,48+;;/m0../s1. The van der Waals surface area contributed by atoms with Crippen molar-refractivity contribution in [1.82, 2.24) is 0 Å². The predicted molar refractivity (Wildman–Crippen MR) is 213 cm³/mol. The number of rotatable bonds is 6. The molecular weight excluding hydrogens is 891 g/mol. The van der Waals surface area contributed by atoms with Crippen molar-refractivity contribution in [3.8, 4) is 0 Å². The van der Waals surface area contributed by atoms with E-state index in [1.54, 1.807) is 5.57 Å². The van der Waals surface area contributed by atoms with Crippen LogP contribution in [0.15, 0.2) is 11.6 Å². The molecule has 313 valence electrons. The Bertz CT molecular complexity index is 1420. The summed E-state index contributed by atoms with van der Waals surface area (Å²) in [4.78, 5) is 13.5. The third kappa shape index (κ3) is 7.30. The van der Waals surface area contributed by atoms with E-state index in [1.165, 1.54) is 25.2 Å². The van der Waals surface area contributed by atoms with Crippen molar-refractivity contribution in [2.45, 2.75) is 198 Å². The van der Waals surface area contributed by atoms with E-state index in [9.17, 15) is 4.79 Å². The first-order chi connectivity index (χ1) is 24.7. The Morgan fingerprint density at radius 2 is 1.56 bits per heavy atom. The molecular formula is C48H78O5VW-2. The zero-order valence-electron chi connectivity index (χ0n) is 37.2. The van der Waals surface area contributed by atoms with Gasteiger partial charge in [-0.05, 0) is 104 Å². The van der Waals surface area contributed by atoms with Gasteiger partial charge in [-0.3, -0.25) is 5.92 Å². The van der Waals surface area contributed by atoms with Crippen LogP contribution in [-0.2, 0) is 63.4 Å². The maximum atomic E-state index is 13.5. The van der Waals surface area contributed by atoms with Crippen molar-refractivity contribution in [3.63, 3.8) is 0 Å². The Kier molecular flexibility index (Phi) is 13.9. The van der Waals surface area contributed by atoms with E-state index in [-0.39, 0.29) is 97.4 Å². The first-order valence-electron chi connectivity index (χ1n) is 22.3. The van der Waals surface area contributed by atoms with Gasteiger partial charge in [-0.2, -0.15) is 19.3 Å². The average molecular weight is 970 g/mol. The molecule has 6 fully saturated rings. The van der Waals surface area contributed by atoms with Gasteiger partial charge in [0.05, 0.1) is 12.2 Å². The molecule has 0 amide bonds. The quantitative estimate of drug-likeness (QED) is 0.151. The van der Waals surface area contributed by atoms with E-state index in [1.807, 2.05) is 6.92 Å². The van der Waals surface area contributed by atoms with Gasteiger partial charge in [0.15, 0.2) is 12.6 Å². The average Bonchev–Trinajstić information content (AvgIpc) is 3.10. The summed E-state index contributed by atoms with van der Waals surface area (Å²) in [6.45, 7) is 33.2. The normalized spacial score (nSPS) is 52.1. The van der Waals surface area contributed by atoms with E-state index in [0.717, 1.165) is 44.9 Å². The van der Waals surface area contributed by atoms with Gasteiger partial charge in [-0.25, -0.2) is 0 Å². The fraction of sp³-hybridized carbons (Fsp3) is 0.896. The van der Waals surface area contributed by atoms with E-state index in [4.69, 9.17) is 18.9 Å². The molecule has 5 aliphatic carbocycles. The van der Waals surface area contributed by atoms with Crippen molar-refractivity contribution in [3.05, 3.63) is 24.0 Å². The second kappa shape index (κ2) is 16.4. The van der Waals surface area contributed by atoms with Crippen LogP contribution in [0, 0.1) is 86.8 Å². The molecule has 7 heteroatoms. The van der Waals surface area contributed by atoms with Crippen LogP contribution >= 0.6 is 0 Å². The number of hydrogen-bond acceptors (Lipinski definition) is 5. The van der Waals surface area contributed by atoms with Crippen molar-refractivity contribution in [2.75, 3.05) is 0 Å². The van der Waals surface area contributed by atoms with Gasteiger partial charge < -0.3 is 30.2 Å². The van der Waals surface area contributed by atoms with Crippen LogP contribution in [0.4, 0.5) is 0 Å². The minimum absolute atomic E-state index is 0. The summed E-state index contributed by atoms with van der Waals surface area (Å²) in [6, 6.07) is 0. The van der Waals surface area contributed by atoms with Gasteiger partial charge in [0, 0.05) is 45.5 Å². The molecule has 2 saturated heterocycles. The van der Waals surface area contributed by atoms with Crippen LogP contribution in [0.3, 0.4) is 0 Å². The van der Waals surface area contributed by atoms with Gasteiger partial charge in [0.25, 0.3) is 0 Å². The SMILES string of the molecule is CCC1O[C@@H](OC2[C@H](O[C@H]3CCC4(C)C5CC=C6C7CC(C)(C)CC[C@]7(C(C)=O)[CH-]CC6(C)[C@]5(C)CC[C@H]4[C-]3C)OC(C)[C@@H](C)[C@@H]2C)C(C)[C@@H](C)[C@H]1C.[V].[W]. The third-order valence-corrected chi connectivity index (χ3v) is 19.0. The van der Waals surface area contributed by atoms with Crippen LogP contribution in [0.1, 0.15) is 161 Å². The van der Waals surface area contributed by atoms with Crippen LogP contribution in [0.2, 0.25) is 0 Å². The number of ketones is 1. The fourth-order valence-electron chi connectivity index (χ4n) is 14.2. The molecule has 7 aliphatic rings. The molecule has 4 saturated carbocycles. The number of ether oxygens (including phenoxy) is 4. The van der Waals surface area contributed by atoms with Crippen LogP contribution in [-0.4, -0.2) is 42.8 Å². The summed E-state index contributed by atoms with van der Waals surface area (Å²) in [5.74, 6) is 5.44. The van der Waals surface area contributed by atoms with Crippen LogP contribution < -0.4 is 0 Å². The van der Waals surface area contributed by atoms with Gasteiger partial charge in [0.1, 0.15) is 11.9 Å². The number of hydrogen-bond donors (Lipinski definition) is 0. The van der Waals surface area contributed by atoms with E-state index in [0.29, 0.717) is 53.1 Å². The maximum absolute atomic E-state index is 13.5. The second-order valence-corrected chi connectivity index (χ2v) is 21.7. The number of carbonyl (C=O) groups is 1. The Balaban J connectivity index is 0.00000290. The Morgan fingerprint density at radius 1 is 0.873 bits per heavy atom. The summed E-state index contributed by atoms with van der Waals surface area (Å²) in [7, 11) is 0. The smallest absolute Gasteiger partial charge is 0.182 e. The summed E-state index contributed by atoms with van der Waals surface area (Å²) in [5, 5.41) is 0. The Morgan fingerprint density at radius 3 is 2.22 bits per heavy atom. The van der Waals surface area contributed by atoms with Crippen LogP contribution in [0.25, 0.3) is 0 Å². The number of fused-ring (bicyclic) bond motifs is 7. The monoisotopic (exact) mass is 969 g/mol. The molecule has 5 nitrogen and oxygen atoms in total. The largest absolute Gasteiger partial charge is 0.379 e. The molecule has 0 N–H and O–H groups in total. The summed E-state index contributed by atoms with van der Waals surface area (Å²) < 4.78 is 27.7. The third-order valence-electron chi connectivity index (χ3n) is 19.0. The first-order valence-corrected chi connectivity index (χ1v) is 22.3. The summed E-state index contributed by atoms with van der Waals surface area (Å²) in [6.07, 6.45) is 15.9. The van der Waals surface area contributed by atoms with Crippen molar-refractivity contribution in [2.24, 2.45) is 74.4 Å². The van der Waals surface area contributed by atoms with E-state index < -0.39 is 6.29 Å². The van der Waals surface area contributed by atoms with Crippen molar-refractivity contribution < 1.29 is 63.4 Å². The van der Waals surface area contributed by atoms with Gasteiger partial charge in [-0.1, -0.05) is 124 Å². The number of allylic oxidation sites excluding steroid dienone is 2. The molecule has 0 bridgehead atoms. The molecule has 1 radical (unpaired) electrons. The molecule has 0 aromatic carbocycles. The molecule has 0 spiro atoms. The van der Waals surface area contributed by atoms with Crippen molar-refractivity contribution in [1.29, 1.82) is 0 Å². The Hall–Kier alpha value is 0.523. The molecule has 2 aliphatic heterocycles. The zero-order valence-corrected chi connectivity index (χ0v) is 41.5. The molecule has 18 atom stereocenters. The van der Waals surface area contributed by atoms with Gasteiger partial charge in [0.2, 0.25) is 0 Å². The second-order valence-electron chi connectivity index (χ2n) is 21.7. The van der Waals surface area contributed by atoms with E-state index >= 15 is 0 Å². The Labute approximate surface area is 363 Å². The topological polar surface area (TPSA) is 54.0 Å². The first kappa shape index (κ1) is 46.6. The molecule has 0 aromatic rings. The number of Topliss-reactive ketones (excluding diaryl/α,β-unsaturated/α-hetero) is 1. The number of carbonyl (C=O) groups excluding carboxylic acids is 1. The maximum Gasteiger partial charge on any atom is 0.182 e. The molecule has 2 heterocycles. The zero-order chi connectivity index (χ0) is 38.6. The molecule has 0 aromatic heterocycles. The summed E-state index contributed by atoms with van der Waals surface area (Å²) >= 11 is 0. The predicted octanol–water partition coefficient (Wildman–Crippen LogP) is 11.6. The van der Waals surface area contributed by atoms with Crippen molar-refractivity contribution >= 4 is 5.78 Å². The van der Waals surface area contributed by atoms with Gasteiger partial charge >= 0.3 is 0 Å².